The third-order valence-electron chi connectivity index (χ3n) is 2.05. The predicted octanol–water partition coefficient (Wildman–Crippen LogP) is -0.844. The van der Waals surface area contributed by atoms with Crippen LogP contribution in [0.2, 0.25) is 0 Å². The zero-order valence-corrected chi connectivity index (χ0v) is 13.1. The van der Waals surface area contributed by atoms with Crippen LogP contribution in [0.1, 0.15) is 12.9 Å². The maximum absolute atomic E-state index is 10.1. The van der Waals surface area contributed by atoms with E-state index >= 15 is 0 Å². The van der Waals surface area contributed by atoms with E-state index in [1.807, 2.05) is 24.3 Å². The number of rotatable bonds is 5. The molecule has 88 valence electrons. The molecule has 0 aliphatic rings. The molecular formula is C10H11NNaO3S2-. The minimum atomic E-state index is -2.41. The molecule has 0 bridgehead atoms. The van der Waals surface area contributed by atoms with Crippen LogP contribution in [0.5, 0.6) is 0 Å². The Morgan fingerprint density at radius 2 is 2.24 bits per heavy atom. The van der Waals surface area contributed by atoms with Gasteiger partial charge in [0.25, 0.3) is 0 Å². The van der Waals surface area contributed by atoms with E-state index in [4.69, 9.17) is 0 Å². The average molecular weight is 280 g/mol. The van der Waals surface area contributed by atoms with Crippen molar-refractivity contribution in [1.29, 1.82) is 0 Å². The number of aromatic nitrogens is 1. The van der Waals surface area contributed by atoms with Gasteiger partial charge in [-0.05, 0) is 18.6 Å². The minimum absolute atomic E-state index is 0. The van der Waals surface area contributed by atoms with Crippen molar-refractivity contribution in [2.75, 3.05) is 6.61 Å². The van der Waals surface area contributed by atoms with Gasteiger partial charge in [-0.25, -0.2) is 9.19 Å². The second-order valence-corrected chi connectivity index (χ2v) is 4.96. The van der Waals surface area contributed by atoms with E-state index in [1.165, 1.54) is 0 Å². The van der Waals surface area contributed by atoms with Crippen molar-refractivity contribution in [2.45, 2.75) is 12.8 Å². The van der Waals surface area contributed by atoms with Gasteiger partial charge in [0.05, 0.1) is 33.2 Å². The first-order valence-corrected chi connectivity index (χ1v) is 6.64. The van der Waals surface area contributed by atoms with Crippen LogP contribution in [0, 0.1) is 0 Å². The summed E-state index contributed by atoms with van der Waals surface area (Å²) in [5.41, 5.74) is 0.996. The van der Waals surface area contributed by atoms with Gasteiger partial charge < -0.3 is 10.2 Å². The summed E-state index contributed by atoms with van der Waals surface area (Å²) in [6, 6.07) is 7.93. The number of thiazole rings is 1. The quantitative estimate of drug-likeness (QED) is 0.407. The van der Waals surface area contributed by atoms with Gasteiger partial charge >= 0.3 is 29.6 Å². The van der Waals surface area contributed by atoms with Gasteiger partial charge in [0.2, 0.25) is 0 Å². The molecule has 0 spiro atoms. The summed E-state index contributed by atoms with van der Waals surface area (Å²) in [6.45, 7) is 0.214. The Hall–Kier alpha value is 0.180. The standard InChI is InChI=1S/C10H11NO3S2.Na.H/c12-16(13)14-7-3-6-10-11-8-4-1-2-5-9(8)15-10;;/h1-2,4-5H,3,6-7H2,(H,12,13);;/q;+1;-1/p-1. The Balaban J connectivity index is 0.00000144. The van der Waals surface area contributed by atoms with Gasteiger partial charge in [-0.15, -0.1) is 11.3 Å². The van der Waals surface area contributed by atoms with Gasteiger partial charge in [0.1, 0.15) is 0 Å². The third kappa shape index (κ3) is 4.75. The molecule has 1 heterocycles. The monoisotopic (exact) mass is 280 g/mol. The SMILES string of the molecule is O=S([O-])OCCCc1nc2ccccc2s1.[H-].[Na+]. The Labute approximate surface area is 130 Å². The Morgan fingerprint density at radius 3 is 2.94 bits per heavy atom. The Bertz CT molecular complexity index is 476. The fourth-order valence-electron chi connectivity index (χ4n) is 1.38. The average Bonchev–Trinajstić information content (AvgIpc) is 2.66. The van der Waals surface area contributed by atoms with E-state index in [0.717, 1.165) is 21.6 Å². The normalized spacial score (nSPS) is 12.3. The summed E-state index contributed by atoms with van der Waals surface area (Å²) in [6.07, 6.45) is 1.41. The van der Waals surface area contributed by atoms with Crippen LogP contribution in [0.4, 0.5) is 0 Å². The fraction of sp³-hybridized carbons (Fsp3) is 0.300. The largest absolute Gasteiger partial charge is 1.00 e. The van der Waals surface area contributed by atoms with Gasteiger partial charge in [-0.1, -0.05) is 12.1 Å². The summed E-state index contributed by atoms with van der Waals surface area (Å²) in [7, 11) is 0. The van der Waals surface area contributed by atoms with E-state index in [0.29, 0.717) is 6.42 Å². The number of fused-ring (bicyclic) bond motifs is 1. The fourth-order valence-corrected chi connectivity index (χ4v) is 2.64. The number of benzene rings is 1. The van der Waals surface area contributed by atoms with Crippen molar-refractivity contribution in [3.05, 3.63) is 29.3 Å². The number of hydrogen-bond donors (Lipinski definition) is 0. The number of para-hydroxylation sites is 1. The van der Waals surface area contributed by atoms with E-state index in [9.17, 15) is 8.76 Å². The molecule has 1 aromatic heterocycles. The van der Waals surface area contributed by atoms with Gasteiger partial charge in [-0.3, -0.25) is 0 Å². The number of aryl methyl sites for hydroxylation is 1. The molecule has 0 aliphatic carbocycles. The van der Waals surface area contributed by atoms with Crippen LogP contribution < -0.4 is 29.6 Å². The molecule has 0 aliphatic heterocycles. The maximum Gasteiger partial charge on any atom is 1.00 e. The molecular weight excluding hydrogens is 269 g/mol. The van der Waals surface area contributed by atoms with Crippen molar-refractivity contribution in [3.8, 4) is 0 Å². The van der Waals surface area contributed by atoms with Crippen molar-refractivity contribution in [3.63, 3.8) is 0 Å². The zero-order valence-electron chi connectivity index (χ0n) is 10.4. The molecule has 17 heavy (non-hydrogen) atoms. The zero-order chi connectivity index (χ0) is 11.4. The molecule has 0 amide bonds. The van der Waals surface area contributed by atoms with Crippen molar-refractivity contribution in [2.24, 2.45) is 0 Å². The molecule has 7 heteroatoms. The van der Waals surface area contributed by atoms with Crippen molar-refractivity contribution < 1.29 is 43.9 Å². The number of hydrogen-bond acceptors (Lipinski definition) is 5. The first-order chi connectivity index (χ1) is 7.75. The van der Waals surface area contributed by atoms with E-state index in [1.54, 1.807) is 11.3 Å². The van der Waals surface area contributed by atoms with Crippen LogP contribution in [-0.4, -0.2) is 20.4 Å². The van der Waals surface area contributed by atoms with E-state index in [2.05, 4.69) is 9.17 Å². The first kappa shape index (κ1) is 15.2. The van der Waals surface area contributed by atoms with Crippen LogP contribution in [0.15, 0.2) is 24.3 Å². The number of nitrogens with zero attached hydrogens (tertiary/aromatic N) is 1. The Kier molecular flexibility index (Phi) is 6.79. The molecule has 0 saturated carbocycles. The second kappa shape index (κ2) is 7.58. The summed E-state index contributed by atoms with van der Waals surface area (Å²) < 4.78 is 25.8. The molecule has 0 saturated heterocycles. The van der Waals surface area contributed by atoms with Crippen LogP contribution in [0.3, 0.4) is 0 Å². The van der Waals surface area contributed by atoms with Crippen LogP contribution >= 0.6 is 11.3 Å². The van der Waals surface area contributed by atoms with Crippen molar-refractivity contribution in [1.82, 2.24) is 4.98 Å². The molecule has 2 aromatic rings. The molecule has 0 fully saturated rings. The Morgan fingerprint density at radius 1 is 1.47 bits per heavy atom. The van der Waals surface area contributed by atoms with Gasteiger partial charge in [0, 0.05) is 6.42 Å². The topological polar surface area (TPSA) is 62.2 Å². The summed E-state index contributed by atoms with van der Waals surface area (Å²) in [4.78, 5) is 4.44. The third-order valence-corrected chi connectivity index (χ3v) is 3.51. The molecule has 4 nitrogen and oxygen atoms in total. The predicted molar refractivity (Wildman–Crippen MR) is 63.9 cm³/mol. The maximum atomic E-state index is 10.1. The molecule has 1 unspecified atom stereocenters. The first-order valence-electron chi connectivity index (χ1n) is 4.83. The van der Waals surface area contributed by atoms with Crippen LogP contribution in [0.25, 0.3) is 10.2 Å². The summed E-state index contributed by atoms with van der Waals surface area (Å²) in [5.74, 6) is 0. The molecule has 2 rings (SSSR count). The van der Waals surface area contributed by atoms with E-state index in [-0.39, 0.29) is 37.6 Å². The summed E-state index contributed by atoms with van der Waals surface area (Å²) in [5, 5.41) is 1.02. The van der Waals surface area contributed by atoms with E-state index < -0.39 is 11.4 Å². The molecule has 1 atom stereocenters. The van der Waals surface area contributed by atoms with Crippen LogP contribution in [-0.2, 0) is 22.0 Å². The second-order valence-electron chi connectivity index (χ2n) is 3.20. The van der Waals surface area contributed by atoms with Gasteiger partial charge in [-0.2, -0.15) is 0 Å². The molecule has 1 aromatic carbocycles. The summed E-state index contributed by atoms with van der Waals surface area (Å²) >= 11 is -0.770. The molecule has 0 radical (unpaired) electrons. The smallest absolute Gasteiger partial charge is 1.00 e. The van der Waals surface area contributed by atoms with Gasteiger partial charge in [0.15, 0.2) is 0 Å². The van der Waals surface area contributed by atoms with Crippen molar-refractivity contribution >= 4 is 32.9 Å². The minimum Gasteiger partial charge on any atom is -1.00 e. The molecule has 0 N–H and O–H groups in total.